The van der Waals surface area contributed by atoms with E-state index in [0.717, 1.165) is 12.4 Å². The lowest BCUT2D eigenvalue weighted by Crippen LogP contribution is -1.96. The summed E-state index contributed by atoms with van der Waals surface area (Å²) in [6.07, 6.45) is 1.10. The van der Waals surface area contributed by atoms with E-state index in [0.29, 0.717) is 5.39 Å². The predicted molar refractivity (Wildman–Crippen MR) is 43.9 cm³/mol. The molecule has 0 spiro atoms. The van der Waals surface area contributed by atoms with Crippen molar-refractivity contribution in [1.82, 2.24) is 9.97 Å². The van der Waals surface area contributed by atoms with Gasteiger partial charge in [-0.1, -0.05) is 0 Å². The van der Waals surface area contributed by atoms with E-state index in [1.165, 1.54) is 6.07 Å². The first kappa shape index (κ1) is 7.85. The molecule has 13 heavy (non-hydrogen) atoms. The van der Waals surface area contributed by atoms with Crippen molar-refractivity contribution >= 4 is 16.7 Å². The van der Waals surface area contributed by atoms with Crippen LogP contribution in [0.15, 0.2) is 18.5 Å². The molecule has 1 aromatic carbocycles. The molecule has 2 N–H and O–H groups in total. The summed E-state index contributed by atoms with van der Waals surface area (Å²) in [5, 5.41) is 0.321. The number of rotatable bonds is 0. The smallest absolute Gasteiger partial charge is 0.185 e. The fourth-order valence-corrected chi connectivity index (χ4v) is 1.09. The Labute approximate surface area is 72.2 Å². The van der Waals surface area contributed by atoms with Crippen molar-refractivity contribution in [2.24, 2.45) is 0 Å². The molecule has 0 aliphatic heterocycles. The number of halogens is 2. The van der Waals surface area contributed by atoms with E-state index in [9.17, 15) is 8.78 Å². The van der Waals surface area contributed by atoms with Gasteiger partial charge in [0.05, 0.1) is 0 Å². The topological polar surface area (TPSA) is 51.8 Å². The van der Waals surface area contributed by atoms with E-state index in [2.05, 4.69) is 9.97 Å². The van der Waals surface area contributed by atoms with Crippen molar-refractivity contribution in [3.8, 4) is 0 Å². The number of hydrogen-bond donors (Lipinski definition) is 1. The fourth-order valence-electron chi connectivity index (χ4n) is 1.09. The van der Waals surface area contributed by atoms with Crippen LogP contribution in [0.5, 0.6) is 0 Å². The van der Waals surface area contributed by atoms with Crippen molar-refractivity contribution in [1.29, 1.82) is 0 Å². The second-order valence-corrected chi connectivity index (χ2v) is 2.52. The summed E-state index contributed by atoms with van der Waals surface area (Å²) in [5.41, 5.74) is 5.34. The number of fused-ring (bicyclic) bond motifs is 1. The monoisotopic (exact) mass is 181 g/mol. The quantitative estimate of drug-likeness (QED) is 0.669. The van der Waals surface area contributed by atoms with Gasteiger partial charge in [-0.15, -0.1) is 0 Å². The largest absolute Gasteiger partial charge is 0.383 e. The Morgan fingerprint density at radius 1 is 1.15 bits per heavy atom. The minimum atomic E-state index is -0.994. The molecule has 2 aromatic rings. The fraction of sp³-hybridized carbons (Fsp3) is 0. The zero-order chi connectivity index (χ0) is 9.42. The highest BCUT2D eigenvalue weighted by atomic mass is 19.2. The van der Waals surface area contributed by atoms with E-state index < -0.39 is 11.6 Å². The van der Waals surface area contributed by atoms with Crippen molar-refractivity contribution in [2.45, 2.75) is 0 Å². The van der Waals surface area contributed by atoms with Gasteiger partial charge in [-0.3, -0.25) is 0 Å². The average Bonchev–Trinajstić information content (AvgIpc) is 2.12. The Hall–Kier alpha value is -1.78. The molecule has 3 nitrogen and oxygen atoms in total. The van der Waals surface area contributed by atoms with E-state index in [4.69, 9.17) is 5.73 Å². The molecular formula is C8H5F2N3. The number of anilines is 1. The van der Waals surface area contributed by atoms with Gasteiger partial charge in [0, 0.05) is 5.39 Å². The van der Waals surface area contributed by atoms with Crippen LogP contribution >= 0.6 is 0 Å². The molecule has 0 atom stereocenters. The molecule has 0 aliphatic carbocycles. The molecule has 1 heterocycles. The van der Waals surface area contributed by atoms with E-state index >= 15 is 0 Å². The SMILES string of the molecule is Nc1ncnc2c(F)c(F)ccc12. The standard InChI is InChI=1S/C8H5F2N3/c9-5-2-1-4-7(6(5)10)12-3-13-8(4)11/h1-3H,(H2,11,12,13). The molecule has 66 valence electrons. The molecule has 0 saturated carbocycles. The molecule has 2 rings (SSSR count). The third kappa shape index (κ3) is 1.09. The van der Waals surface area contributed by atoms with E-state index in [1.807, 2.05) is 0 Å². The zero-order valence-corrected chi connectivity index (χ0v) is 6.46. The lowest BCUT2D eigenvalue weighted by molar-refractivity contribution is 0.515. The predicted octanol–water partition coefficient (Wildman–Crippen LogP) is 1.49. The summed E-state index contributed by atoms with van der Waals surface area (Å²) >= 11 is 0. The van der Waals surface area contributed by atoms with Crippen LogP contribution in [0, 0.1) is 11.6 Å². The Bertz CT molecular complexity index is 470. The van der Waals surface area contributed by atoms with Crippen molar-refractivity contribution in [3.63, 3.8) is 0 Å². The van der Waals surface area contributed by atoms with Crippen LogP contribution in [0.4, 0.5) is 14.6 Å². The minimum Gasteiger partial charge on any atom is -0.383 e. The third-order valence-corrected chi connectivity index (χ3v) is 1.73. The van der Waals surface area contributed by atoms with Gasteiger partial charge >= 0.3 is 0 Å². The summed E-state index contributed by atoms with van der Waals surface area (Å²) < 4.78 is 25.8. The minimum absolute atomic E-state index is 0.0903. The number of nitrogens with zero attached hydrogens (tertiary/aromatic N) is 2. The first-order chi connectivity index (χ1) is 6.20. The van der Waals surface area contributed by atoms with Gasteiger partial charge in [0.2, 0.25) is 0 Å². The van der Waals surface area contributed by atoms with Gasteiger partial charge in [0.1, 0.15) is 17.7 Å². The maximum absolute atomic E-state index is 13.1. The van der Waals surface area contributed by atoms with Gasteiger partial charge in [0.25, 0.3) is 0 Å². The van der Waals surface area contributed by atoms with Crippen LogP contribution in [0.1, 0.15) is 0 Å². The number of nitrogens with two attached hydrogens (primary N) is 1. The van der Waals surface area contributed by atoms with E-state index in [1.54, 1.807) is 0 Å². The molecule has 0 fully saturated rings. The van der Waals surface area contributed by atoms with Crippen LogP contribution in [0.25, 0.3) is 10.9 Å². The average molecular weight is 181 g/mol. The third-order valence-electron chi connectivity index (χ3n) is 1.73. The van der Waals surface area contributed by atoms with Crippen molar-refractivity contribution < 1.29 is 8.78 Å². The number of aromatic nitrogens is 2. The van der Waals surface area contributed by atoms with Crippen LogP contribution in [-0.2, 0) is 0 Å². The molecule has 5 heteroatoms. The second kappa shape index (κ2) is 2.62. The Morgan fingerprint density at radius 2 is 1.92 bits per heavy atom. The van der Waals surface area contributed by atoms with Gasteiger partial charge in [-0.25, -0.2) is 18.7 Å². The summed E-state index contributed by atoms with van der Waals surface area (Å²) in [6, 6.07) is 2.35. The summed E-state index contributed by atoms with van der Waals surface area (Å²) in [4.78, 5) is 7.25. The molecule has 0 saturated heterocycles. The lowest BCUT2D eigenvalue weighted by atomic mass is 10.2. The van der Waals surface area contributed by atoms with Crippen molar-refractivity contribution in [2.75, 3.05) is 5.73 Å². The molecule has 0 radical (unpaired) electrons. The van der Waals surface area contributed by atoms with Gasteiger partial charge < -0.3 is 5.73 Å². The zero-order valence-electron chi connectivity index (χ0n) is 6.46. The molecule has 0 unspecified atom stereocenters. The van der Waals surface area contributed by atoms with Gasteiger partial charge in [-0.2, -0.15) is 0 Å². The Kier molecular flexibility index (Phi) is 1.58. The Morgan fingerprint density at radius 3 is 2.69 bits per heavy atom. The molecule has 1 aromatic heterocycles. The maximum atomic E-state index is 13.1. The highest BCUT2D eigenvalue weighted by molar-refractivity contribution is 5.87. The maximum Gasteiger partial charge on any atom is 0.185 e. The highest BCUT2D eigenvalue weighted by Gasteiger charge is 2.09. The molecule has 0 amide bonds. The first-order valence-corrected chi connectivity index (χ1v) is 3.54. The lowest BCUT2D eigenvalue weighted by Gasteiger charge is -2.00. The van der Waals surface area contributed by atoms with Crippen LogP contribution in [-0.4, -0.2) is 9.97 Å². The van der Waals surface area contributed by atoms with Gasteiger partial charge in [-0.05, 0) is 12.1 Å². The molecule has 0 aliphatic rings. The normalized spacial score (nSPS) is 10.6. The van der Waals surface area contributed by atoms with Gasteiger partial charge in [0.15, 0.2) is 11.6 Å². The van der Waals surface area contributed by atoms with Crippen LogP contribution < -0.4 is 5.73 Å². The van der Waals surface area contributed by atoms with Crippen LogP contribution in [0.3, 0.4) is 0 Å². The first-order valence-electron chi connectivity index (χ1n) is 3.54. The molecular weight excluding hydrogens is 176 g/mol. The molecule has 0 bridgehead atoms. The summed E-state index contributed by atoms with van der Waals surface area (Å²) in [6.45, 7) is 0. The van der Waals surface area contributed by atoms with E-state index in [-0.39, 0.29) is 11.3 Å². The summed E-state index contributed by atoms with van der Waals surface area (Å²) in [5.74, 6) is -1.79. The number of nitrogen functional groups attached to an aromatic ring is 1. The number of hydrogen-bond acceptors (Lipinski definition) is 3. The van der Waals surface area contributed by atoms with Crippen LogP contribution in [0.2, 0.25) is 0 Å². The van der Waals surface area contributed by atoms with Crippen molar-refractivity contribution in [3.05, 3.63) is 30.1 Å². The highest BCUT2D eigenvalue weighted by Crippen LogP contribution is 2.20. The second-order valence-electron chi connectivity index (χ2n) is 2.52. The summed E-state index contributed by atoms with van der Waals surface area (Å²) in [7, 11) is 0. The Balaban J connectivity index is 2.94. The number of benzene rings is 1.